The number of ether oxygens (including phenoxy) is 1. The van der Waals surface area contributed by atoms with Gasteiger partial charge in [-0.15, -0.1) is 0 Å². The van der Waals surface area contributed by atoms with Crippen molar-refractivity contribution in [2.75, 3.05) is 12.3 Å². The summed E-state index contributed by atoms with van der Waals surface area (Å²) >= 11 is 0. The molecule has 0 aliphatic carbocycles. The van der Waals surface area contributed by atoms with Crippen LogP contribution in [-0.4, -0.2) is 17.7 Å². The molecule has 1 aliphatic rings. The predicted molar refractivity (Wildman–Crippen MR) is 53.0 cm³/mol. The molecular formula is C10H13N3O2. The molecule has 0 saturated carbocycles. The van der Waals surface area contributed by atoms with Crippen LogP contribution < -0.4 is 5.73 Å². The minimum Gasteiger partial charge on any atom is -0.424 e. The third-order valence-corrected chi connectivity index (χ3v) is 2.70. The molecule has 2 N–H and O–H groups in total. The van der Waals surface area contributed by atoms with Crippen LogP contribution in [-0.2, 0) is 4.74 Å². The molecule has 0 bridgehead atoms. The summed E-state index contributed by atoms with van der Waals surface area (Å²) in [6, 6.07) is 1.90. The fourth-order valence-electron chi connectivity index (χ4n) is 1.92. The van der Waals surface area contributed by atoms with Gasteiger partial charge in [0.25, 0.3) is 0 Å². The molecule has 0 amide bonds. The summed E-state index contributed by atoms with van der Waals surface area (Å²) in [4.78, 5) is 4.08. The number of hydrogen-bond acceptors (Lipinski definition) is 5. The van der Waals surface area contributed by atoms with Crippen LogP contribution in [0.4, 0.5) is 5.88 Å². The lowest BCUT2D eigenvalue weighted by atomic mass is 10.00. The molecule has 2 rings (SSSR count). The zero-order valence-electron chi connectivity index (χ0n) is 8.56. The first-order chi connectivity index (χ1) is 7.26. The maximum absolute atomic E-state index is 8.71. The highest BCUT2D eigenvalue weighted by Gasteiger charge is 2.32. The molecule has 2 atom stereocenters. The Bertz CT molecular complexity index is 394. The summed E-state index contributed by atoms with van der Waals surface area (Å²) in [6.07, 6.45) is 1.92. The van der Waals surface area contributed by atoms with Crippen molar-refractivity contribution >= 4 is 5.88 Å². The van der Waals surface area contributed by atoms with Crippen molar-refractivity contribution in [3.8, 4) is 6.07 Å². The standard InChI is InChI=1S/C10H13N3O2/c1-2-8-6(3-4-14-8)10-13-7(5-11)9(12)15-10/h6,8H,2-4,12H2,1H3. The number of aromatic nitrogens is 1. The average Bonchev–Trinajstić information content (AvgIpc) is 2.82. The number of rotatable bonds is 2. The first kappa shape index (κ1) is 9.99. The SMILES string of the molecule is CCC1OCCC1c1nc(C#N)c(N)o1. The molecule has 2 unspecified atom stereocenters. The van der Waals surface area contributed by atoms with Crippen LogP contribution in [0, 0.1) is 11.3 Å². The second-order valence-corrected chi connectivity index (χ2v) is 3.59. The molecule has 1 aromatic rings. The van der Waals surface area contributed by atoms with Gasteiger partial charge in [-0.3, -0.25) is 0 Å². The Kier molecular flexibility index (Phi) is 2.60. The van der Waals surface area contributed by atoms with E-state index in [1.165, 1.54) is 0 Å². The monoisotopic (exact) mass is 207 g/mol. The van der Waals surface area contributed by atoms with Gasteiger partial charge in [-0.2, -0.15) is 5.26 Å². The fourth-order valence-corrected chi connectivity index (χ4v) is 1.92. The lowest BCUT2D eigenvalue weighted by Crippen LogP contribution is -2.13. The van der Waals surface area contributed by atoms with Gasteiger partial charge in [-0.25, -0.2) is 4.98 Å². The van der Waals surface area contributed by atoms with Crippen LogP contribution in [0.1, 0.15) is 37.3 Å². The highest BCUT2D eigenvalue weighted by Crippen LogP contribution is 2.33. The lowest BCUT2D eigenvalue weighted by molar-refractivity contribution is 0.0966. The van der Waals surface area contributed by atoms with Crippen LogP contribution in [0.2, 0.25) is 0 Å². The molecule has 1 fully saturated rings. The van der Waals surface area contributed by atoms with Crippen molar-refractivity contribution < 1.29 is 9.15 Å². The van der Waals surface area contributed by atoms with Crippen molar-refractivity contribution in [2.45, 2.75) is 31.8 Å². The summed E-state index contributed by atoms with van der Waals surface area (Å²) in [5, 5.41) is 8.71. The van der Waals surface area contributed by atoms with Crippen molar-refractivity contribution in [1.29, 1.82) is 5.26 Å². The summed E-state index contributed by atoms with van der Waals surface area (Å²) in [7, 11) is 0. The third-order valence-electron chi connectivity index (χ3n) is 2.70. The van der Waals surface area contributed by atoms with Gasteiger partial charge < -0.3 is 14.9 Å². The van der Waals surface area contributed by atoms with E-state index in [2.05, 4.69) is 11.9 Å². The third kappa shape index (κ3) is 1.68. The maximum atomic E-state index is 8.71. The Hall–Kier alpha value is -1.54. The van der Waals surface area contributed by atoms with E-state index in [9.17, 15) is 0 Å². The second-order valence-electron chi connectivity index (χ2n) is 3.59. The van der Waals surface area contributed by atoms with E-state index < -0.39 is 0 Å². The van der Waals surface area contributed by atoms with Crippen molar-refractivity contribution in [1.82, 2.24) is 4.98 Å². The topological polar surface area (TPSA) is 85.1 Å². The van der Waals surface area contributed by atoms with Crippen LogP contribution in [0.25, 0.3) is 0 Å². The van der Waals surface area contributed by atoms with Crippen LogP contribution in [0.3, 0.4) is 0 Å². The van der Waals surface area contributed by atoms with Crippen LogP contribution in [0.5, 0.6) is 0 Å². The molecule has 5 nitrogen and oxygen atoms in total. The summed E-state index contributed by atoms with van der Waals surface area (Å²) in [5.74, 6) is 0.780. The van der Waals surface area contributed by atoms with E-state index in [4.69, 9.17) is 20.1 Å². The Balaban J connectivity index is 2.26. The van der Waals surface area contributed by atoms with Crippen molar-refractivity contribution in [3.05, 3.63) is 11.6 Å². The number of nitrogen functional groups attached to an aromatic ring is 1. The number of oxazole rings is 1. The minimum absolute atomic E-state index is 0.106. The van der Waals surface area contributed by atoms with Gasteiger partial charge in [0, 0.05) is 6.61 Å². The molecule has 80 valence electrons. The van der Waals surface area contributed by atoms with Crippen LogP contribution >= 0.6 is 0 Å². The molecule has 0 radical (unpaired) electrons. The van der Waals surface area contributed by atoms with Gasteiger partial charge in [0.15, 0.2) is 0 Å². The minimum atomic E-state index is 0.106. The largest absolute Gasteiger partial charge is 0.424 e. The number of nitrogens with two attached hydrogens (primary N) is 1. The van der Waals surface area contributed by atoms with E-state index in [1.54, 1.807) is 0 Å². The van der Waals surface area contributed by atoms with Crippen molar-refractivity contribution in [3.63, 3.8) is 0 Å². The highest BCUT2D eigenvalue weighted by molar-refractivity contribution is 5.41. The fraction of sp³-hybridized carbons (Fsp3) is 0.600. The molecule has 2 heterocycles. The summed E-state index contributed by atoms with van der Waals surface area (Å²) in [5.41, 5.74) is 5.69. The first-order valence-corrected chi connectivity index (χ1v) is 5.04. The number of nitrogens with zero attached hydrogens (tertiary/aromatic N) is 2. The smallest absolute Gasteiger partial charge is 0.229 e. The summed E-state index contributed by atoms with van der Waals surface area (Å²) in [6.45, 7) is 2.77. The van der Waals surface area contributed by atoms with E-state index in [0.717, 1.165) is 12.8 Å². The Morgan fingerprint density at radius 2 is 2.47 bits per heavy atom. The Labute approximate surface area is 87.8 Å². The van der Waals surface area contributed by atoms with Crippen molar-refractivity contribution in [2.24, 2.45) is 0 Å². The number of nitriles is 1. The average molecular weight is 207 g/mol. The van der Waals surface area contributed by atoms with Gasteiger partial charge in [-0.05, 0) is 12.8 Å². The van der Waals surface area contributed by atoms with E-state index in [1.807, 2.05) is 6.07 Å². The highest BCUT2D eigenvalue weighted by atomic mass is 16.5. The van der Waals surface area contributed by atoms with E-state index in [0.29, 0.717) is 12.5 Å². The first-order valence-electron chi connectivity index (χ1n) is 5.04. The van der Waals surface area contributed by atoms with Gasteiger partial charge in [-0.1, -0.05) is 6.92 Å². The quantitative estimate of drug-likeness (QED) is 0.792. The Morgan fingerprint density at radius 1 is 1.67 bits per heavy atom. The molecule has 1 aromatic heterocycles. The summed E-state index contributed by atoms with van der Waals surface area (Å²) < 4.78 is 10.8. The molecule has 1 aliphatic heterocycles. The van der Waals surface area contributed by atoms with Gasteiger partial charge in [0.2, 0.25) is 17.5 Å². The van der Waals surface area contributed by atoms with E-state index in [-0.39, 0.29) is 23.6 Å². The number of anilines is 1. The molecule has 0 aromatic carbocycles. The van der Waals surface area contributed by atoms with Gasteiger partial charge in [0.05, 0.1) is 12.0 Å². The zero-order valence-corrected chi connectivity index (χ0v) is 8.56. The molecule has 0 spiro atoms. The second kappa shape index (κ2) is 3.91. The molecule has 1 saturated heterocycles. The number of hydrogen-bond donors (Lipinski definition) is 1. The molecule has 5 heteroatoms. The molecule has 15 heavy (non-hydrogen) atoms. The Morgan fingerprint density at radius 3 is 3.07 bits per heavy atom. The van der Waals surface area contributed by atoms with Gasteiger partial charge in [0.1, 0.15) is 6.07 Å². The van der Waals surface area contributed by atoms with Gasteiger partial charge >= 0.3 is 0 Å². The lowest BCUT2D eigenvalue weighted by Gasteiger charge is -2.12. The normalized spacial score (nSPS) is 25.3. The molecular weight excluding hydrogens is 194 g/mol. The van der Waals surface area contributed by atoms with Crippen LogP contribution in [0.15, 0.2) is 4.42 Å². The zero-order chi connectivity index (χ0) is 10.8. The van der Waals surface area contributed by atoms with E-state index >= 15 is 0 Å². The maximum Gasteiger partial charge on any atom is 0.229 e. The predicted octanol–water partition coefficient (Wildman–Crippen LogP) is 1.41.